The number of amides is 8. The van der Waals surface area contributed by atoms with Gasteiger partial charge in [0.1, 0.15) is 42.5 Å². The van der Waals surface area contributed by atoms with Crippen LogP contribution in [0.2, 0.25) is 0 Å². The first-order valence-corrected chi connectivity index (χ1v) is 23.1. The van der Waals surface area contributed by atoms with Crippen LogP contribution in [0.4, 0.5) is 5.69 Å². The number of methoxy groups -OCH3 is 1. The first-order chi connectivity index (χ1) is 33.3. The molecule has 380 valence electrons. The van der Waals surface area contributed by atoms with Crippen LogP contribution in [0.25, 0.3) is 0 Å². The molecule has 0 saturated carbocycles. The third-order valence-corrected chi connectivity index (χ3v) is 10.7. The highest BCUT2D eigenvalue weighted by Crippen LogP contribution is 2.15. The van der Waals surface area contributed by atoms with E-state index >= 15 is 0 Å². The molecule has 0 heterocycles. The van der Waals surface area contributed by atoms with Crippen molar-refractivity contribution in [1.82, 2.24) is 42.5 Å². The Morgan fingerprint density at radius 2 is 1.07 bits per heavy atom. The SMILES string of the molecule is COc1ccc(NCCCC[C@H](NC(=O)CNC(=O)[C@H](C)NC(=O)[C@H](CC(C)C)NC(=O)[C@@H](N)Cc2ccccc2)C(=O)NCC(=O)N[C@@H](C)C(=O)N[C@@H](Cc2ccccc2)C(=O)NCC(=O)O)cc1. The van der Waals surface area contributed by atoms with Gasteiger partial charge in [-0.05, 0) is 87.3 Å². The standard InChI is InChI=1S/C49H68N10O11/c1-30(2)24-39(59-46(66)37(50)25-33-14-8-6-9-15-33)49(69)56-31(3)44(64)52-28-42(61)57-38(18-12-13-23-51-35-19-21-36(70-5)22-20-35)47(67)53-27-41(60)55-32(4)45(65)58-40(48(68)54-29-43(62)63)26-34-16-10-7-11-17-34/h6-11,14-17,19-22,30-32,37-40,51H,12-13,18,23-29,50H2,1-5H3,(H,52,64)(H,53,67)(H,54,68)(H,55,60)(H,56,69)(H,57,61)(H,58,65)(H,59,66)(H,62,63)/t31-,32-,37-,38-,39-,40-/m0/s1. The van der Waals surface area contributed by atoms with E-state index in [2.05, 4.69) is 47.9 Å². The van der Waals surface area contributed by atoms with Crippen molar-refractivity contribution in [2.45, 2.75) is 102 Å². The van der Waals surface area contributed by atoms with E-state index in [0.29, 0.717) is 30.7 Å². The zero-order valence-corrected chi connectivity index (χ0v) is 40.3. The van der Waals surface area contributed by atoms with Crippen molar-refractivity contribution in [3.8, 4) is 5.75 Å². The molecule has 3 rings (SSSR count). The van der Waals surface area contributed by atoms with E-state index in [0.717, 1.165) is 11.3 Å². The summed E-state index contributed by atoms with van der Waals surface area (Å²) in [6, 6.07) is 18.6. The fourth-order valence-corrected chi connectivity index (χ4v) is 6.86. The molecule has 0 radical (unpaired) electrons. The molecular formula is C49H68N10O11. The molecule has 21 nitrogen and oxygen atoms in total. The molecule has 0 fully saturated rings. The molecule has 6 atom stereocenters. The zero-order valence-electron chi connectivity index (χ0n) is 40.3. The number of aliphatic carboxylic acids is 1. The topological polar surface area (TPSA) is 317 Å². The van der Waals surface area contributed by atoms with Crippen LogP contribution in [0.1, 0.15) is 64.5 Å². The van der Waals surface area contributed by atoms with Crippen molar-refractivity contribution in [2.75, 3.05) is 38.6 Å². The minimum Gasteiger partial charge on any atom is -0.497 e. The summed E-state index contributed by atoms with van der Waals surface area (Å²) in [5.74, 6) is -6.19. The number of hydrogen-bond donors (Lipinski definition) is 11. The third-order valence-electron chi connectivity index (χ3n) is 10.7. The van der Waals surface area contributed by atoms with Gasteiger partial charge < -0.3 is 63.4 Å². The Kier molecular flexibility index (Phi) is 24.4. The Bertz CT molecular complexity index is 2200. The maximum Gasteiger partial charge on any atom is 0.322 e. The lowest BCUT2D eigenvalue weighted by atomic mass is 10.0. The van der Waals surface area contributed by atoms with E-state index < -0.39 is 109 Å². The van der Waals surface area contributed by atoms with Gasteiger partial charge >= 0.3 is 5.97 Å². The van der Waals surface area contributed by atoms with Crippen molar-refractivity contribution < 1.29 is 53.0 Å². The van der Waals surface area contributed by atoms with Crippen LogP contribution in [0.15, 0.2) is 84.9 Å². The van der Waals surface area contributed by atoms with Gasteiger partial charge in [0, 0.05) is 18.7 Å². The predicted octanol–water partition coefficient (Wildman–Crippen LogP) is 0.0332. The number of hydrogen-bond acceptors (Lipinski definition) is 12. The normalized spacial score (nSPS) is 13.4. The molecule has 3 aromatic carbocycles. The van der Waals surface area contributed by atoms with E-state index in [1.54, 1.807) is 49.6 Å². The number of carbonyl (C=O) groups excluding carboxylic acids is 8. The molecule has 0 unspecified atom stereocenters. The van der Waals surface area contributed by atoms with E-state index in [4.69, 9.17) is 15.6 Å². The summed E-state index contributed by atoms with van der Waals surface area (Å²) in [6.07, 6.45) is 1.69. The lowest BCUT2D eigenvalue weighted by Gasteiger charge is -2.24. The summed E-state index contributed by atoms with van der Waals surface area (Å²) in [7, 11) is 1.56. The van der Waals surface area contributed by atoms with Crippen LogP contribution < -0.4 is 58.3 Å². The largest absolute Gasteiger partial charge is 0.497 e. The first-order valence-electron chi connectivity index (χ1n) is 23.1. The number of ether oxygens (including phenoxy) is 1. The van der Waals surface area contributed by atoms with Crippen molar-refractivity contribution >= 4 is 58.9 Å². The maximum absolute atomic E-state index is 13.5. The molecule has 3 aromatic rings. The summed E-state index contributed by atoms with van der Waals surface area (Å²) >= 11 is 0. The number of carboxylic acids is 1. The van der Waals surface area contributed by atoms with Gasteiger partial charge in [0.2, 0.25) is 47.3 Å². The van der Waals surface area contributed by atoms with Gasteiger partial charge in [-0.15, -0.1) is 0 Å². The average molecular weight is 973 g/mol. The lowest BCUT2D eigenvalue weighted by Crippen LogP contribution is -2.56. The van der Waals surface area contributed by atoms with Crippen LogP contribution in [-0.4, -0.2) is 128 Å². The highest BCUT2D eigenvalue weighted by atomic mass is 16.5. The lowest BCUT2D eigenvalue weighted by molar-refractivity contribution is -0.138. The van der Waals surface area contributed by atoms with Gasteiger partial charge in [0.15, 0.2) is 0 Å². The van der Waals surface area contributed by atoms with E-state index in [1.165, 1.54) is 13.8 Å². The Hall–Kier alpha value is -7.55. The van der Waals surface area contributed by atoms with Crippen molar-refractivity contribution in [1.29, 1.82) is 0 Å². The van der Waals surface area contributed by atoms with Gasteiger partial charge in [0.05, 0.1) is 26.2 Å². The van der Waals surface area contributed by atoms with Crippen LogP contribution in [-0.2, 0) is 56.0 Å². The summed E-state index contributed by atoms with van der Waals surface area (Å²) < 4.78 is 5.19. The fraction of sp³-hybridized carbons (Fsp3) is 0.449. The first kappa shape index (κ1) is 56.8. The highest BCUT2D eigenvalue weighted by molar-refractivity contribution is 5.96. The quantitative estimate of drug-likeness (QED) is 0.0394. The third kappa shape index (κ3) is 21.6. The Morgan fingerprint density at radius 3 is 1.66 bits per heavy atom. The molecule has 21 heteroatoms. The molecule has 0 aliphatic rings. The van der Waals surface area contributed by atoms with E-state index in [-0.39, 0.29) is 31.6 Å². The number of carbonyl (C=O) groups is 9. The number of benzene rings is 3. The minimum absolute atomic E-state index is 0.00718. The van der Waals surface area contributed by atoms with E-state index in [9.17, 15) is 43.2 Å². The number of anilines is 1. The summed E-state index contributed by atoms with van der Waals surface area (Å²) in [5, 5.41) is 32.3. The highest BCUT2D eigenvalue weighted by Gasteiger charge is 2.29. The predicted molar refractivity (Wildman–Crippen MR) is 261 cm³/mol. The molecule has 0 aliphatic carbocycles. The van der Waals surface area contributed by atoms with Crippen molar-refractivity contribution in [3.63, 3.8) is 0 Å². The van der Waals surface area contributed by atoms with Crippen LogP contribution in [0, 0.1) is 5.92 Å². The number of nitrogens with two attached hydrogens (primary N) is 1. The Morgan fingerprint density at radius 1 is 0.543 bits per heavy atom. The molecule has 0 spiro atoms. The summed E-state index contributed by atoms with van der Waals surface area (Å²) in [5.41, 5.74) is 8.53. The smallest absolute Gasteiger partial charge is 0.322 e. The number of rotatable bonds is 30. The van der Waals surface area contributed by atoms with Gasteiger partial charge in [-0.1, -0.05) is 74.5 Å². The second kappa shape index (κ2) is 30.0. The molecule has 8 amide bonds. The van der Waals surface area contributed by atoms with Crippen molar-refractivity contribution in [3.05, 3.63) is 96.1 Å². The zero-order chi connectivity index (χ0) is 51.6. The number of carboxylic acid groups (broad SMARTS) is 1. The Balaban J connectivity index is 1.58. The molecule has 0 aliphatic heterocycles. The van der Waals surface area contributed by atoms with Crippen molar-refractivity contribution in [2.24, 2.45) is 11.7 Å². The number of nitrogens with one attached hydrogen (secondary N) is 9. The molecule has 12 N–H and O–H groups in total. The van der Waals surface area contributed by atoms with Crippen LogP contribution in [0.5, 0.6) is 5.75 Å². The molecule has 0 saturated heterocycles. The maximum atomic E-state index is 13.5. The monoisotopic (exact) mass is 973 g/mol. The summed E-state index contributed by atoms with van der Waals surface area (Å²) in [6.45, 7) is 5.20. The van der Waals surface area contributed by atoms with Crippen LogP contribution >= 0.6 is 0 Å². The summed E-state index contributed by atoms with van der Waals surface area (Å²) in [4.78, 5) is 116. The van der Waals surface area contributed by atoms with Gasteiger partial charge in [-0.25, -0.2) is 0 Å². The van der Waals surface area contributed by atoms with Gasteiger partial charge in [0.25, 0.3) is 0 Å². The Labute approximate surface area is 408 Å². The fourth-order valence-electron chi connectivity index (χ4n) is 6.86. The molecule has 0 aromatic heterocycles. The van der Waals surface area contributed by atoms with Gasteiger partial charge in [-0.2, -0.15) is 0 Å². The second-order valence-corrected chi connectivity index (χ2v) is 17.1. The molecule has 70 heavy (non-hydrogen) atoms. The van der Waals surface area contributed by atoms with Gasteiger partial charge in [-0.3, -0.25) is 43.2 Å². The van der Waals surface area contributed by atoms with E-state index in [1.807, 2.05) is 56.3 Å². The second-order valence-electron chi connectivity index (χ2n) is 17.1. The minimum atomic E-state index is -1.28. The molecular weight excluding hydrogens is 905 g/mol. The van der Waals surface area contributed by atoms with Crippen LogP contribution in [0.3, 0.4) is 0 Å². The number of unbranched alkanes of at least 4 members (excludes halogenated alkanes) is 1. The molecule has 0 bridgehead atoms. The average Bonchev–Trinajstić information content (AvgIpc) is 3.33.